The molecule has 2 amide bonds. The Morgan fingerprint density at radius 1 is 1.24 bits per heavy atom. The molecule has 7 heteroatoms. The lowest BCUT2D eigenvalue weighted by molar-refractivity contribution is -0.123. The van der Waals surface area contributed by atoms with E-state index in [1.54, 1.807) is 24.3 Å². The number of rotatable bonds is 6. The van der Waals surface area contributed by atoms with Crippen molar-refractivity contribution in [1.82, 2.24) is 10.6 Å². The molecule has 0 aliphatic rings. The molecule has 1 unspecified atom stereocenters. The second-order valence-corrected chi connectivity index (χ2v) is 5.15. The van der Waals surface area contributed by atoms with E-state index in [2.05, 4.69) is 10.6 Å². The number of amides is 2. The van der Waals surface area contributed by atoms with E-state index in [4.69, 9.17) is 17.3 Å². The van der Waals surface area contributed by atoms with Crippen molar-refractivity contribution in [2.75, 3.05) is 6.54 Å². The van der Waals surface area contributed by atoms with Gasteiger partial charge < -0.3 is 16.4 Å². The van der Waals surface area contributed by atoms with Crippen LogP contribution in [-0.4, -0.2) is 24.4 Å². The first-order valence-electron chi connectivity index (χ1n) is 6.44. The molecule has 0 aliphatic carbocycles. The molecule has 21 heavy (non-hydrogen) atoms. The first-order valence-corrected chi connectivity index (χ1v) is 6.82. The molecule has 0 heterocycles. The smallest absolute Gasteiger partial charge is 0.222 e. The summed E-state index contributed by atoms with van der Waals surface area (Å²) in [6.07, 6.45) is 0.158. The highest BCUT2D eigenvalue weighted by molar-refractivity contribution is 6.30. The Hall–Kier alpha value is -1.30. The van der Waals surface area contributed by atoms with Gasteiger partial charge in [-0.25, -0.2) is 0 Å². The fourth-order valence-corrected chi connectivity index (χ4v) is 1.90. The van der Waals surface area contributed by atoms with E-state index in [9.17, 15) is 9.59 Å². The van der Waals surface area contributed by atoms with E-state index in [1.807, 2.05) is 6.92 Å². The van der Waals surface area contributed by atoms with Gasteiger partial charge in [-0.15, -0.1) is 12.4 Å². The van der Waals surface area contributed by atoms with Crippen molar-refractivity contribution in [3.63, 3.8) is 0 Å². The number of carbonyl (C=O) groups excluding carboxylic acids is 2. The van der Waals surface area contributed by atoms with Crippen LogP contribution < -0.4 is 16.4 Å². The van der Waals surface area contributed by atoms with Gasteiger partial charge in [0.05, 0.1) is 12.5 Å². The predicted molar refractivity (Wildman–Crippen MR) is 86.5 cm³/mol. The number of nitrogens with two attached hydrogens (primary N) is 1. The van der Waals surface area contributed by atoms with Crippen molar-refractivity contribution in [2.24, 2.45) is 5.73 Å². The van der Waals surface area contributed by atoms with E-state index in [0.29, 0.717) is 11.6 Å². The molecule has 5 nitrogen and oxygen atoms in total. The highest BCUT2D eigenvalue weighted by Gasteiger charge is 2.17. The van der Waals surface area contributed by atoms with Crippen molar-refractivity contribution in [1.29, 1.82) is 0 Å². The summed E-state index contributed by atoms with van der Waals surface area (Å²) in [7, 11) is 0. The van der Waals surface area contributed by atoms with Gasteiger partial charge in [-0.3, -0.25) is 9.59 Å². The van der Waals surface area contributed by atoms with Crippen LogP contribution in [0.15, 0.2) is 24.3 Å². The summed E-state index contributed by atoms with van der Waals surface area (Å²) >= 11 is 5.83. The van der Waals surface area contributed by atoms with Gasteiger partial charge >= 0.3 is 0 Å². The molecule has 0 saturated heterocycles. The lowest BCUT2D eigenvalue weighted by atomic mass is 10.0. The van der Waals surface area contributed by atoms with Crippen molar-refractivity contribution >= 4 is 35.8 Å². The van der Waals surface area contributed by atoms with Crippen LogP contribution in [0.2, 0.25) is 5.02 Å². The molecule has 1 aromatic rings. The third-order valence-electron chi connectivity index (χ3n) is 2.80. The van der Waals surface area contributed by atoms with Gasteiger partial charge in [-0.05, 0) is 24.6 Å². The largest absolute Gasteiger partial charge is 0.352 e. The lowest BCUT2D eigenvalue weighted by Gasteiger charge is -2.19. The molecule has 0 aliphatic heterocycles. The van der Waals surface area contributed by atoms with Crippen molar-refractivity contribution < 1.29 is 9.59 Å². The molecule has 1 rings (SSSR count). The summed E-state index contributed by atoms with van der Waals surface area (Å²) in [6, 6.07) is 6.57. The number of carbonyl (C=O) groups is 2. The third kappa shape index (κ3) is 7.32. The summed E-state index contributed by atoms with van der Waals surface area (Å²) < 4.78 is 0. The average Bonchev–Trinajstić information content (AvgIpc) is 2.38. The highest BCUT2D eigenvalue weighted by atomic mass is 35.5. The zero-order chi connectivity index (χ0) is 15.1. The maximum absolute atomic E-state index is 11.9. The Morgan fingerprint density at radius 2 is 1.81 bits per heavy atom. The standard InChI is InChI=1S/C14H20ClN3O2.ClH/c1-9(8-16)17-14(20)7-13(18-10(2)19)11-3-5-12(15)6-4-11;/h3-6,9,13H,7-8,16H2,1-2H3,(H,17,20)(H,18,19);1H/t9-,13?;/m0./s1. The Kier molecular flexibility index (Phi) is 9.01. The van der Waals surface area contributed by atoms with Gasteiger partial charge in [0.25, 0.3) is 0 Å². The van der Waals surface area contributed by atoms with Crippen LogP contribution in [0.3, 0.4) is 0 Å². The van der Waals surface area contributed by atoms with Crippen LogP contribution in [0.1, 0.15) is 31.9 Å². The molecule has 1 aromatic carbocycles. The Bertz CT molecular complexity index is 466. The summed E-state index contributed by atoms with van der Waals surface area (Å²) in [5.74, 6) is -0.346. The van der Waals surface area contributed by atoms with Crippen LogP contribution in [-0.2, 0) is 9.59 Å². The average molecular weight is 334 g/mol. The molecule has 4 N–H and O–H groups in total. The minimum Gasteiger partial charge on any atom is -0.352 e. The molecular weight excluding hydrogens is 313 g/mol. The normalized spacial score (nSPS) is 12.8. The van der Waals surface area contributed by atoms with Crippen LogP contribution >= 0.6 is 24.0 Å². The van der Waals surface area contributed by atoms with Crippen molar-refractivity contribution in [3.05, 3.63) is 34.9 Å². The van der Waals surface area contributed by atoms with E-state index in [0.717, 1.165) is 5.56 Å². The molecular formula is C14H21Cl2N3O2. The fourth-order valence-electron chi connectivity index (χ4n) is 1.77. The van der Waals surface area contributed by atoms with Gasteiger partial charge in [-0.1, -0.05) is 23.7 Å². The zero-order valence-electron chi connectivity index (χ0n) is 12.1. The van der Waals surface area contributed by atoms with E-state index in [-0.39, 0.29) is 42.7 Å². The highest BCUT2D eigenvalue weighted by Crippen LogP contribution is 2.19. The minimum atomic E-state index is -0.380. The maximum Gasteiger partial charge on any atom is 0.222 e. The van der Waals surface area contributed by atoms with Gasteiger partial charge in [0.15, 0.2) is 0 Å². The predicted octanol–water partition coefficient (Wildman–Crippen LogP) is 1.79. The molecule has 0 fully saturated rings. The third-order valence-corrected chi connectivity index (χ3v) is 3.05. The van der Waals surface area contributed by atoms with Crippen LogP contribution in [0.5, 0.6) is 0 Å². The topological polar surface area (TPSA) is 84.2 Å². The molecule has 0 saturated carbocycles. The summed E-state index contributed by atoms with van der Waals surface area (Å²) in [6.45, 7) is 3.62. The van der Waals surface area contributed by atoms with Gasteiger partial charge in [0.1, 0.15) is 0 Å². The second kappa shape index (κ2) is 9.60. The number of benzene rings is 1. The maximum atomic E-state index is 11.9. The molecule has 0 bridgehead atoms. The van der Waals surface area contributed by atoms with Gasteiger partial charge in [-0.2, -0.15) is 0 Å². The van der Waals surface area contributed by atoms with Gasteiger partial charge in [0, 0.05) is 24.5 Å². The summed E-state index contributed by atoms with van der Waals surface area (Å²) in [4.78, 5) is 23.2. The molecule has 0 aromatic heterocycles. The first-order chi connectivity index (χ1) is 9.42. The lowest BCUT2D eigenvalue weighted by Crippen LogP contribution is -2.40. The monoisotopic (exact) mass is 333 g/mol. The van der Waals surface area contributed by atoms with Crippen molar-refractivity contribution in [2.45, 2.75) is 32.4 Å². The molecule has 2 atom stereocenters. The molecule has 0 spiro atoms. The van der Waals surface area contributed by atoms with Crippen LogP contribution in [0, 0.1) is 0 Å². The van der Waals surface area contributed by atoms with E-state index in [1.165, 1.54) is 6.92 Å². The number of nitrogens with one attached hydrogen (secondary N) is 2. The first kappa shape index (κ1) is 19.7. The number of hydrogen-bond acceptors (Lipinski definition) is 3. The van der Waals surface area contributed by atoms with E-state index >= 15 is 0 Å². The zero-order valence-corrected chi connectivity index (χ0v) is 13.6. The van der Waals surface area contributed by atoms with Crippen LogP contribution in [0.4, 0.5) is 0 Å². The molecule has 118 valence electrons. The van der Waals surface area contributed by atoms with Gasteiger partial charge in [0.2, 0.25) is 11.8 Å². The van der Waals surface area contributed by atoms with E-state index < -0.39 is 0 Å². The molecule has 0 radical (unpaired) electrons. The quantitative estimate of drug-likeness (QED) is 0.742. The number of hydrogen-bond donors (Lipinski definition) is 3. The minimum absolute atomic E-state index is 0. The SMILES string of the molecule is CC(=O)NC(CC(=O)N[C@@H](C)CN)c1ccc(Cl)cc1.Cl. The fraction of sp³-hybridized carbons (Fsp3) is 0.429. The van der Waals surface area contributed by atoms with Crippen molar-refractivity contribution in [3.8, 4) is 0 Å². The summed E-state index contributed by atoms with van der Waals surface area (Å²) in [5, 5.41) is 6.14. The number of halogens is 2. The Balaban J connectivity index is 0.00000400. The Labute approximate surface area is 136 Å². The second-order valence-electron chi connectivity index (χ2n) is 4.71. The van der Waals surface area contributed by atoms with Crippen LogP contribution in [0.25, 0.3) is 0 Å². The summed E-state index contributed by atoms with van der Waals surface area (Å²) in [5.41, 5.74) is 6.29. The Morgan fingerprint density at radius 3 is 2.29 bits per heavy atom.